The van der Waals surface area contributed by atoms with E-state index in [4.69, 9.17) is 9.47 Å². The van der Waals surface area contributed by atoms with Gasteiger partial charge in [-0.2, -0.15) is 0 Å². The van der Waals surface area contributed by atoms with Gasteiger partial charge in [0.15, 0.2) is 0 Å². The van der Waals surface area contributed by atoms with Gasteiger partial charge >= 0.3 is 0 Å². The third-order valence-corrected chi connectivity index (χ3v) is 6.00. The summed E-state index contributed by atoms with van der Waals surface area (Å²) in [6.07, 6.45) is 10.9. The largest absolute Gasteiger partial charge is 0.375 e. The summed E-state index contributed by atoms with van der Waals surface area (Å²) < 4.78 is 12.8. The van der Waals surface area contributed by atoms with E-state index in [1.165, 1.54) is 44.9 Å². The Hall–Kier alpha value is -0.0800. The van der Waals surface area contributed by atoms with Crippen molar-refractivity contribution >= 4 is 0 Å². The average Bonchev–Trinajstić information content (AvgIpc) is 2.90. The van der Waals surface area contributed by atoms with Crippen molar-refractivity contribution in [1.82, 2.24) is 0 Å². The van der Waals surface area contributed by atoms with E-state index in [0.29, 0.717) is 12.0 Å². The van der Waals surface area contributed by atoms with Crippen LogP contribution in [0.3, 0.4) is 0 Å². The molecule has 19 heavy (non-hydrogen) atoms. The summed E-state index contributed by atoms with van der Waals surface area (Å²) >= 11 is 0. The first-order valence-electron chi connectivity index (χ1n) is 8.36. The first kappa shape index (κ1) is 13.9. The lowest BCUT2D eigenvalue weighted by Crippen LogP contribution is -2.39. The monoisotopic (exact) mass is 266 g/mol. The van der Waals surface area contributed by atoms with Crippen molar-refractivity contribution in [2.24, 2.45) is 11.8 Å². The fourth-order valence-electron chi connectivity index (χ4n) is 4.41. The van der Waals surface area contributed by atoms with Crippen molar-refractivity contribution in [2.45, 2.75) is 89.4 Å². The molecule has 110 valence electrons. The SMILES string of the molecule is CC(C)C12CCC(C)(O1)C(OCC1CCCCC1)C2. The van der Waals surface area contributed by atoms with E-state index >= 15 is 0 Å². The van der Waals surface area contributed by atoms with Gasteiger partial charge in [-0.3, -0.25) is 0 Å². The summed E-state index contributed by atoms with van der Waals surface area (Å²) in [6, 6.07) is 0. The van der Waals surface area contributed by atoms with Gasteiger partial charge in [-0.1, -0.05) is 33.1 Å². The van der Waals surface area contributed by atoms with Crippen LogP contribution in [0.2, 0.25) is 0 Å². The molecule has 3 aliphatic rings. The second kappa shape index (κ2) is 5.04. The zero-order valence-electron chi connectivity index (χ0n) is 12.9. The van der Waals surface area contributed by atoms with Crippen LogP contribution in [0.25, 0.3) is 0 Å². The molecule has 3 fully saturated rings. The maximum atomic E-state index is 6.44. The van der Waals surface area contributed by atoms with Crippen LogP contribution in [0.1, 0.15) is 72.1 Å². The third-order valence-electron chi connectivity index (χ3n) is 6.00. The molecule has 2 heteroatoms. The summed E-state index contributed by atoms with van der Waals surface area (Å²) in [5.74, 6) is 1.42. The number of ether oxygens (including phenoxy) is 2. The maximum Gasteiger partial charge on any atom is 0.0924 e. The highest BCUT2D eigenvalue weighted by atomic mass is 16.6. The predicted molar refractivity (Wildman–Crippen MR) is 77.2 cm³/mol. The summed E-state index contributed by atoms with van der Waals surface area (Å²) in [5.41, 5.74) is 0.116. The van der Waals surface area contributed by atoms with Gasteiger partial charge in [-0.05, 0) is 44.4 Å². The number of rotatable bonds is 4. The second-order valence-electron chi connectivity index (χ2n) is 7.66. The van der Waals surface area contributed by atoms with Crippen LogP contribution in [-0.2, 0) is 9.47 Å². The van der Waals surface area contributed by atoms with Gasteiger partial charge in [0.25, 0.3) is 0 Å². The number of hydrogen-bond donors (Lipinski definition) is 0. The molecule has 2 saturated heterocycles. The van der Waals surface area contributed by atoms with Gasteiger partial charge in [0.2, 0.25) is 0 Å². The quantitative estimate of drug-likeness (QED) is 0.754. The van der Waals surface area contributed by atoms with Gasteiger partial charge in [-0.25, -0.2) is 0 Å². The van der Waals surface area contributed by atoms with Crippen molar-refractivity contribution in [3.63, 3.8) is 0 Å². The highest BCUT2D eigenvalue weighted by molar-refractivity contribution is 5.10. The molecule has 0 aromatic carbocycles. The van der Waals surface area contributed by atoms with E-state index in [-0.39, 0.29) is 11.2 Å². The molecular formula is C17H30O2. The lowest BCUT2D eigenvalue weighted by Gasteiger charge is -2.33. The fourth-order valence-corrected chi connectivity index (χ4v) is 4.41. The molecule has 3 rings (SSSR count). The maximum absolute atomic E-state index is 6.44. The Bertz CT molecular complexity index is 321. The van der Waals surface area contributed by atoms with E-state index in [1.54, 1.807) is 0 Å². The Morgan fingerprint density at radius 1 is 1.16 bits per heavy atom. The molecule has 1 aliphatic carbocycles. The normalized spacial score (nSPS) is 43.3. The van der Waals surface area contributed by atoms with Gasteiger partial charge in [0.1, 0.15) is 0 Å². The molecular weight excluding hydrogens is 236 g/mol. The minimum absolute atomic E-state index is 0.00105. The fraction of sp³-hybridized carbons (Fsp3) is 1.00. The first-order valence-corrected chi connectivity index (χ1v) is 8.36. The Labute approximate surface area is 118 Å². The van der Waals surface area contributed by atoms with Crippen molar-refractivity contribution < 1.29 is 9.47 Å². The molecule has 0 aromatic heterocycles. The van der Waals surface area contributed by atoms with Crippen LogP contribution in [0.5, 0.6) is 0 Å². The molecule has 1 saturated carbocycles. The van der Waals surface area contributed by atoms with Crippen molar-refractivity contribution in [1.29, 1.82) is 0 Å². The van der Waals surface area contributed by atoms with Crippen LogP contribution in [0.15, 0.2) is 0 Å². The van der Waals surface area contributed by atoms with Gasteiger partial charge in [0.05, 0.1) is 17.3 Å². The standard InChI is InChI=1S/C17H30O2/c1-13(2)17-10-9-16(3,19-17)15(11-17)18-12-14-7-5-4-6-8-14/h13-15H,4-12H2,1-3H3. The van der Waals surface area contributed by atoms with Crippen molar-refractivity contribution in [2.75, 3.05) is 6.61 Å². The van der Waals surface area contributed by atoms with E-state index in [9.17, 15) is 0 Å². The highest BCUT2D eigenvalue weighted by Crippen LogP contribution is 2.55. The zero-order valence-corrected chi connectivity index (χ0v) is 12.9. The van der Waals surface area contributed by atoms with Crippen LogP contribution in [-0.4, -0.2) is 23.9 Å². The molecule has 2 bridgehead atoms. The Balaban J connectivity index is 1.57. The van der Waals surface area contributed by atoms with Crippen molar-refractivity contribution in [3.05, 3.63) is 0 Å². The molecule has 0 spiro atoms. The smallest absolute Gasteiger partial charge is 0.0924 e. The van der Waals surface area contributed by atoms with Crippen molar-refractivity contribution in [3.8, 4) is 0 Å². The molecule has 2 aliphatic heterocycles. The zero-order chi connectivity index (χ0) is 13.5. The van der Waals surface area contributed by atoms with Crippen LogP contribution in [0.4, 0.5) is 0 Å². The summed E-state index contributed by atoms with van der Waals surface area (Å²) in [7, 11) is 0. The van der Waals surface area contributed by atoms with Gasteiger partial charge in [-0.15, -0.1) is 0 Å². The Kier molecular flexibility index (Phi) is 3.68. The summed E-state index contributed by atoms with van der Waals surface area (Å²) in [6.45, 7) is 7.85. The average molecular weight is 266 g/mol. The molecule has 2 heterocycles. The van der Waals surface area contributed by atoms with Crippen LogP contribution >= 0.6 is 0 Å². The number of hydrogen-bond acceptors (Lipinski definition) is 2. The van der Waals surface area contributed by atoms with Crippen LogP contribution in [0, 0.1) is 11.8 Å². The first-order chi connectivity index (χ1) is 9.04. The summed E-state index contributed by atoms with van der Waals surface area (Å²) in [4.78, 5) is 0. The molecule has 0 amide bonds. The molecule has 3 atom stereocenters. The minimum atomic E-state index is -0.00105. The van der Waals surface area contributed by atoms with Gasteiger partial charge in [0, 0.05) is 13.0 Å². The molecule has 2 nitrogen and oxygen atoms in total. The molecule has 0 aromatic rings. The van der Waals surface area contributed by atoms with E-state index in [0.717, 1.165) is 18.9 Å². The Morgan fingerprint density at radius 3 is 2.53 bits per heavy atom. The van der Waals surface area contributed by atoms with Crippen LogP contribution < -0.4 is 0 Å². The number of fused-ring (bicyclic) bond motifs is 2. The molecule has 0 radical (unpaired) electrons. The Morgan fingerprint density at radius 2 is 1.89 bits per heavy atom. The molecule has 3 unspecified atom stereocenters. The third kappa shape index (κ3) is 2.47. The second-order valence-corrected chi connectivity index (χ2v) is 7.66. The summed E-state index contributed by atoms with van der Waals surface area (Å²) in [5, 5.41) is 0. The lowest BCUT2D eigenvalue weighted by molar-refractivity contribution is -0.0978. The minimum Gasteiger partial charge on any atom is -0.375 e. The lowest BCUT2D eigenvalue weighted by atomic mass is 9.75. The predicted octanol–water partition coefficient (Wildman–Crippen LogP) is 4.32. The molecule has 0 N–H and O–H groups in total. The highest BCUT2D eigenvalue weighted by Gasteiger charge is 2.60. The topological polar surface area (TPSA) is 18.5 Å². The van der Waals surface area contributed by atoms with Gasteiger partial charge < -0.3 is 9.47 Å². The van der Waals surface area contributed by atoms with E-state index < -0.39 is 0 Å². The van der Waals surface area contributed by atoms with E-state index in [2.05, 4.69) is 20.8 Å². The van der Waals surface area contributed by atoms with E-state index in [1.807, 2.05) is 0 Å².